The van der Waals surface area contributed by atoms with Crippen molar-refractivity contribution in [1.82, 2.24) is 24.6 Å². The molecule has 182 valence electrons. The molecule has 2 N–H and O–H groups in total. The van der Waals surface area contributed by atoms with Gasteiger partial charge in [0.25, 0.3) is 5.91 Å². The van der Waals surface area contributed by atoms with Crippen LogP contribution in [0.1, 0.15) is 24.6 Å². The minimum absolute atomic E-state index is 0.168. The number of aliphatic hydroxyl groups excluding tert-OH is 1. The summed E-state index contributed by atoms with van der Waals surface area (Å²) in [4.78, 5) is 22.1. The number of halogens is 1. The molecule has 11 heteroatoms. The quantitative estimate of drug-likeness (QED) is 0.552. The molecule has 0 aliphatic carbocycles. The highest BCUT2D eigenvalue weighted by molar-refractivity contribution is 5.80. The van der Waals surface area contributed by atoms with E-state index in [1.807, 2.05) is 14.0 Å². The highest BCUT2D eigenvalue weighted by atomic mass is 19.1. The minimum Gasteiger partial charge on any atom is -0.486 e. The van der Waals surface area contributed by atoms with E-state index in [1.54, 1.807) is 41.3 Å². The third-order valence-electron chi connectivity index (χ3n) is 5.94. The Morgan fingerprint density at radius 2 is 2.20 bits per heavy atom. The van der Waals surface area contributed by atoms with Crippen LogP contribution in [0.15, 0.2) is 36.7 Å². The van der Waals surface area contributed by atoms with Crippen molar-refractivity contribution in [3.05, 3.63) is 47.9 Å². The number of rotatable bonds is 6. The normalized spacial score (nSPS) is 18.6. The number of piperidine rings is 1. The number of carbonyl (C=O) groups is 1. The van der Waals surface area contributed by atoms with Crippen LogP contribution < -0.4 is 10.1 Å². The first-order chi connectivity index (χ1) is 16.8. The van der Waals surface area contributed by atoms with E-state index in [1.165, 1.54) is 11.8 Å². The van der Waals surface area contributed by atoms with Gasteiger partial charge in [-0.25, -0.2) is 14.4 Å². The highest BCUT2D eigenvalue weighted by Gasteiger charge is 2.34. The lowest BCUT2D eigenvalue weighted by atomic mass is 10.0. The van der Waals surface area contributed by atoms with Gasteiger partial charge in [0, 0.05) is 31.8 Å². The van der Waals surface area contributed by atoms with Gasteiger partial charge >= 0.3 is 0 Å². The lowest BCUT2D eigenvalue weighted by Crippen LogP contribution is -2.51. The summed E-state index contributed by atoms with van der Waals surface area (Å²) in [5.74, 6) is 0.722. The Bertz CT molecular complexity index is 1270. The molecule has 1 fully saturated rings. The van der Waals surface area contributed by atoms with Crippen molar-refractivity contribution in [1.29, 1.82) is 5.26 Å². The summed E-state index contributed by atoms with van der Waals surface area (Å²) in [6.45, 7) is 3.39. The molecule has 3 atom stereocenters. The highest BCUT2D eigenvalue weighted by Crippen LogP contribution is 2.29. The summed E-state index contributed by atoms with van der Waals surface area (Å²) in [6.07, 6.45) is 0.137. The Morgan fingerprint density at radius 1 is 1.40 bits per heavy atom. The number of alkyl halides is 1. The molecule has 0 spiro atoms. The van der Waals surface area contributed by atoms with Gasteiger partial charge in [-0.05, 0) is 38.1 Å². The smallest absolute Gasteiger partial charge is 0.251 e. The van der Waals surface area contributed by atoms with E-state index in [9.17, 15) is 19.6 Å². The molecule has 2 aromatic heterocycles. The summed E-state index contributed by atoms with van der Waals surface area (Å²) in [5.41, 5.74) is 2.60. The van der Waals surface area contributed by atoms with E-state index in [0.29, 0.717) is 17.2 Å². The van der Waals surface area contributed by atoms with E-state index in [4.69, 9.17) is 4.74 Å². The number of likely N-dealkylation sites (tertiary alicyclic amines) is 1. The molecule has 1 aliphatic heterocycles. The van der Waals surface area contributed by atoms with Crippen LogP contribution in [0.2, 0.25) is 0 Å². The number of hydrogen-bond acceptors (Lipinski definition) is 8. The average Bonchev–Trinajstić information content (AvgIpc) is 3.17. The molecule has 0 bridgehead atoms. The van der Waals surface area contributed by atoms with E-state index in [0.717, 1.165) is 11.4 Å². The van der Waals surface area contributed by atoms with Crippen LogP contribution in [0.3, 0.4) is 0 Å². The second-order valence-electron chi connectivity index (χ2n) is 8.40. The molecule has 4 rings (SSSR count). The van der Waals surface area contributed by atoms with Crippen molar-refractivity contribution < 1.29 is 19.0 Å². The third kappa shape index (κ3) is 5.22. The Hall–Kier alpha value is -4.04. The average molecular weight is 480 g/mol. The lowest BCUT2D eigenvalue weighted by Gasteiger charge is -2.35. The summed E-state index contributed by atoms with van der Waals surface area (Å²) >= 11 is 0. The predicted octanol–water partition coefficient (Wildman–Crippen LogP) is 2.50. The van der Waals surface area contributed by atoms with Gasteiger partial charge in [0.05, 0.1) is 29.7 Å². The number of carbonyl (C=O) groups excluding carboxylic acids is 1. The first-order valence-electron chi connectivity index (χ1n) is 11.2. The monoisotopic (exact) mass is 479 g/mol. The number of nitrogens with one attached hydrogen (secondary N) is 1. The largest absolute Gasteiger partial charge is 0.486 e. The Kier molecular flexibility index (Phi) is 6.93. The van der Waals surface area contributed by atoms with Gasteiger partial charge in [-0.15, -0.1) is 0 Å². The van der Waals surface area contributed by atoms with Crippen molar-refractivity contribution in [3.63, 3.8) is 0 Å². The number of benzene rings is 1. The lowest BCUT2D eigenvalue weighted by molar-refractivity contribution is -0.143. The molecule has 3 heterocycles. The number of aliphatic hydroxyl groups is 1. The minimum atomic E-state index is -1.44. The second-order valence-corrected chi connectivity index (χ2v) is 8.40. The van der Waals surface area contributed by atoms with Gasteiger partial charge in [0.1, 0.15) is 29.8 Å². The van der Waals surface area contributed by atoms with Crippen molar-refractivity contribution in [3.8, 4) is 23.2 Å². The number of nitrogens with zero attached hydrogens (tertiary/aromatic N) is 6. The fourth-order valence-corrected chi connectivity index (χ4v) is 3.83. The zero-order chi connectivity index (χ0) is 25.1. The predicted molar refractivity (Wildman–Crippen MR) is 126 cm³/mol. The van der Waals surface area contributed by atoms with Crippen LogP contribution in [-0.2, 0) is 11.8 Å². The van der Waals surface area contributed by atoms with Gasteiger partial charge in [-0.3, -0.25) is 9.48 Å². The zero-order valence-corrected chi connectivity index (χ0v) is 19.6. The number of amides is 1. The van der Waals surface area contributed by atoms with Crippen molar-refractivity contribution >= 4 is 17.4 Å². The first kappa shape index (κ1) is 24.1. The molecule has 0 unspecified atom stereocenters. The number of aryl methyl sites for hydroxylation is 1. The second kappa shape index (κ2) is 10.1. The summed E-state index contributed by atoms with van der Waals surface area (Å²) in [5, 5.41) is 26.5. The zero-order valence-electron chi connectivity index (χ0n) is 19.6. The maximum atomic E-state index is 14.7. The summed E-state index contributed by atoms with van der Waals surface area (Å²) < 4.78 is 22.3. The molecular weight excluding hydrogens is 453 g/mol. The summed E-state index contributed by atoms with van der Waals surface area (Å²) in [7, 11) is 1.85. The molecule has 1 aromatic carbocycles. The third-order valence-corrected chi connectivity index (χ3v) is 5.94. The van der Waals surface area contributed by atoms with Crippen molar-refractivity contribution in [2.45, 2.75) is 38.6 Å². The number of anilines is 2. The van der Waals surface area contributed by atoms with Crippen LogP contribution in [-0.4, -0.2) is 67.1 Å². The van der Waals surface area contributed by atoms with Gasteiger partial charge in [-0.1, -0.05) is 0 Å². The molecule has 35 heavy (non-hydrogen) atoms. The van der Waals surface area contributed by atoms with Crippen LogP contribution in [0.4, 0.5) is 15.9 Å². The molecular formula is C24H26FN7O3. The number of nitriles is 1. The van der Waals surface area contributed by atoms with Crippen LogP contribution in [0, 0.1) is 18.3 Å². The molecule has 3 aromatic rings. The van der Waals surface area contributed by atoms with Crippen LogP contribution >= 0.6 is 0 Å². The molecule has 1 aliphatic rings. The number of aromatic nitrogens is 4. The number of hydrogen-bond donors (Lipinski definition) is 2. The molecule has 0 radical (unpaired) electrons. The topological polar surface area (TPSA) is 129 Å². The van der Waals surface area contributed by atoms with Gasteiger partial charge < -0.3 is 20.1 Å². The Balaban J connectivity index is 1.49. The Morgan fingerprint density at radius 3 is 2.86 bits per heavy atom. The van der Waals surface area contributed by atoms with E-state index in [-0.39, 0.29) is 30.8 Å². The van der Waals surface area contributed by atoms with Crippen molar-refractivity contribution in [2.75, 3.05) is 18.4 Å². The maximum Gasteiger partial charge on any atom is 0.251 e. The van der Waals surface area contributed by atoms with Crippen LogP contribution in [0.5, 0.6) is 5.75 Å². The first-order valence-corrected chi connectivity index (χ1v) is 11.2. The number of ether oxygens (including phenoxy) is 1. The van der Waals surface area contributed by atoms with E-state index < -0.39 is 24.3 Å². The molecule has 1 amide bonds. The maximum absolute atomic E-state index is 14.7. The van der Waals surface area contributed by atoms with E-state index >= 15 is 0 Å². The molecule has 1 saturated heterocycles. The Labute approximate surface area is 202 Å². The standard InChI is InChI=1S/C24H26FN7O3/c1-14-19(12-28-31(14)3)29-22-6-8-27-23(30-22)16-4-5-20(17(10-16)11-26)35-21-7-9-32(13-18(21)25)24(34)15(2)33/h4-6,8,10,12,15,18,21,33H,7,9,13H2,1-3H3,(H,27,29,30)/t15-,18+,21-/m0/s1. The fraction of sp³-hybridized carbons (Fsp3) is 0.375. The SMILES string of the molecule is Cc1c(Nc2ccnc(-c3ccc(O[C@H]4CCN(C(=O)[C@H](C)O)C[C@H]4F)c(C#N)c3)n2)cnn1C. The fourth-order valence-electron chi connectivity index (χ4n) is 3.83. The molecule has 10 nitrogen and oxygen atoms in total. The van der Waals surface area contributed by atoms with E-state index in [2.05, 4.69) is 26.5 Å². The molecule has 0 saturated carbocycles. The van der Waals surface area contributed by atoms with Gasteiger partial charge in [0.2, 0.25) is 0 Å². The van der Waals surface area contributed by atoms with Gasteiger partial charge in [0.15, 0.2) is 12.0 Å². The van der Waals surface area contributed by atoms with Crippen molar-refractivity contribution in [2.24, 2.45) is 7.05 Å². The van der Waals surface area contributed by atoms with Crippen LogP contribution in [0.25, 0.3) is 11.4 Å². The summed E-state index contributed by atoms with van der Waals surface area (Å²) in [6, 6.07) is 8.73. The van der Waals surface area contributed by atoms with Gasteiger partial charge in [-0.2, -0.15) is 10.4 Å².